The van der Waals surface area contributed by atoms with Gasteiger partial charge >= 0.3 is 0 Å². The van der Waals surface area contributed by atoms with Crippen LogP contribution in [0.2, 0.25) is 0 Å². The van der Waals surface area contributed by atoms with E-state index in [1.54, 1.807) is 22.6 Å². The van der Waals surface area contributed by atoms with Gasteiger partial charge in [0.05, 0.1) is 18.5 Å². The molecule has 5 nitrogen and oxygen atoms in total. The van der Waals surface area contributed by atoms with Gasteiger partial charge in [0.15, 0.2) is 0 Å². The Morgan fingerprint density at radius 1 is 1.20 bits per heavy atom. The van der Waals surface area contributed by atoms with Crippen molar-refractivity contribution in [2.45, 2.75) is 44.8 Å². The van der Waals surface area contributed by atoms with Crippen LogP contribution in [0, 0.1) is 6.92 Å². The lowest BCUT2D eigenvalue weighted by atomic mass is 10.0. The minimum atomic E-state index is -0.188. The average molecular weight is 420 g/mol. The van der Waals surface area contributed by atoms with Gasteiger partial charge in [0, 0.05) is 23.9 Å². The summed E-state index contributed by atoms with van der Waals surface area (Å²) in [5, 5.41) is 8.51. The number of benzene rings is 1. The normalized spacial score (nSPS) is 18.8. The molecule has 2 aliphatic rings. The summed E-state index contributed by atoms with van der Waals surface area (Å²) >= 11 is 1.74. The van der Waals surface area contributed by atoms with E-state index in [0.717, 1.165) is 36.4 Å². The number of carbonyl (C=O) groups is 1. The molecular weight excluding hydrogens is 394 g/mol. The maximum Gasteiger partial charge on any atom is 0.257 e. The lowest BCUT2D eigenvalue weighted by Gasteiger charge is -2.25. The minimum absolute atomic E-state index is 0.0296. The summed E-state index contributed by atoms with van der Waals surface area (Å²) in [5.41, 5.74) is 3.20. The van der Waals surface area contributed by atoms with Crippen molar-refractivity contribution in [1.82, 2.24) is 9.91 Å². The summed E-state index contributed by atoms with van der Waals surface area (Å²) in [5.74, 6) is 0.812. The van der Waals surface area contributed by atoms with Gasteiger partial charge in [-0.3, -0.25) is 9.69 Å². The van der Waals surface area contributed by atoms with Crippen LogP contribution in [0.3, 0.4) is 0 Å². The third-order valence-electron chi connectivity index (χ3n) is 5.76. The van der Waals surface area contributed by atoms with E-state index < -0.39 is 0 Å². The van der Waals surface area contributed by atoms with Crippen LogP contribution in [0.4, 0.5) is 0 Å². The molecule has 0 spiro atoms. The number of rotatable bonds is 7. The highest BCUT2D eigenvalue weighted by Gasteiger charge is 2.37. The van der Waals surface area contributed by atoms with E-state index in [9.17, 15) is 4.79 Å². The van der Waals surface area contributed by atoms with Crippen molar-refractivity contribution in [3.63, 3.8) is 0 Å². The number of aryl methyl sites for hydroxylation is 1. The van der Waals surface area contributed by atoms with Gasteiger partial charge in [-0.1, -0.05) is 35.9 Å². The van der Waals surface area contributed by atoms with E-state index in [-0.39, 0.29) is 11.9 Å². The lowest BCUT2D eigenvalue weighted by Crippen LogP contribution is -2.38. The topological polar surface area (TPSA) is 49.1 Å². The molecule has 1 unspecified atom stereocenters. The molecule has 1 atom stereocenters. The summed E-state index contributed by atoms with van der Waals surface area (Å²) in [4.78, 5) is 17.0. The van der Waals surface area contributed by atoms with Gasteiger partial charge in [0.2, 0.25) is 0 Å². The van der Waals surface area contributed by atoms with Crippen molar-refractivity contribution >= 4 is 23.0 Å². The number of hydrogen-bond acceptors (Lipinski definition) is 5. The molecule has 1 aromatic carbocycles. The number of carbonyl (C=O) groups excluding carboxylic acids is 1. The van der Waals surface area contributed by atoms with E-state index in [2.05, 4.69) is 53.6 Å². The number of hydrazone groups is 1. The zero-order valence-corrected chi connectivity index (χ0v) is 17.8. The third kappa shape index (κ3) is 4.11. The molecule has 1 amide bonds. The highest BCUT2D eigenvalue weighted by atomic mass is 32.1. The largest absolute Gasteiger partial charge is 0.467 e. The van der Waals surface area contributed by atoms with Crippen LogP contribution in [-0.4, -0.2) is 34.1 Å². The smallest absolute Gasteiger partial charge is 0.257 e. The molecule has 1 aliphatic carbocycles. The van der Waals surface area contributed by atoms with Crippen molar-refractivity contribution < 1.29 is 9.21 Å². The highest BCUT2D eigenvalue weighted by molar-refractivity contribution is 7.09. The standard InChI is InChI=1S/C24H25N3O2S/c1-17-6-8-18(9-7-17)21-14-22(23-5-2-12-29-23)27(25-21)24(28)16-26(19-10-11-19)15-20-4-3-13-30-20/h2-9,12-13,19,22H,10-11,14-16H2,1H3. The Morgan fingerprint density at radius 3 is 2.70 bits per heavy atom. The Bertz CT molecular complexity index is 1020. The predicted molar refractivity (Wildman–Crippen MR) is 118 cm³/mol. The van der Waals surface area contributed by atoms with Crippen LogP contribution < -0.4 is 0 Å². The predicted octanol–water partition coefficient (Wildman–Crippen LogP) is 4.99. The van der Waals surface area contributed by atoms with Gasteiger partial charge in [-0.15, -0.1) is 11.3 Å². The molecule has 0 N–H and O–H groups in total. The second kappa shape index (κ2) is 8.20. The Balaban J connectivity index is 1.38. The highest BCUT2D eigenvalue weighted by Crippen LogP contribution is 2.34. The van der Waals surface area contributed by atoms with Crippen LogP contribution >= 0.6 is 11.3 Å². The summed E-state index contributed by atoms with van der Waals surface area (Å²) < 4.78 is 5.67. The summed E-state index contributed by atoms with van der Waals surface area (Å²) in [6.07, 6.45) is 4.65. The second-order valence-electron chi connectivity index (χ2n) is 8.10. The van der Waals surface area contributed by atoms with E-state index in [1.165, 1.54) is 10.4 Å². The molecular formula is C24H25N3O2S. The molecule has 3 heterocycles. The van der Waals surface area contributed by atoms with Gasteiger partial charge in [-0.2, -0.15) is 5.10 Å². The summed E-state index contributed by atoms with van der Waals surface area (Å²) in [7, 11) is 0. The molecule has 6 heteroatoms. The summed E-state index contributed by atoms with van der Waals surface area (Å²) in [6.45, 7) is 3.27. The van der Waals surface area contributed by atoms with E-state index in [0.29, 0.717) is 19.0 Å². The zero-order valence-electron chi connectivity index (χ0n) is 17.0. The molecule has 3 aromatic rings. The summed E-state index contributed by atoms with van der Waals surface area (Å²) in [6, 6.07) is 16.6. The molecule has 1 fully saturated rings. The van der Waals surface area contributed by atoms with Crippen molar-refractivity contribution in [3.8, 4) is 0 Å². The van der Waals surface area contributed by atoms with Gasteiger partial charge in [-0.25, -0.2) is 5.01 Å². The minimum Gasteiger partial charge on any atom is -0.467 e. The Labute approximate surface area is 180 Å². The fourth-order valence-corrected chi connectivity index (χ4v) is 4.70. The van der Waals surface area contributed by atoms with Crippen LogP contribution in [0.5, 0.6) is 0 Å². The molecule has 30 heavy (non-hydrogen) atoms. The first kappa shape index (κ1) is 19.3. The first-order valence-corrected chi connectivity index (χ1v) is 11.3. The molecule has 1 saturated carbocycles. The molecule has 1 aliphatic heterocycles. The van der Waals surface area contributed by atoms with Gasteiger partial charge < -0.3 is 4.42 Å². The quantitative estimate of drug-likeness (QED) is 0.542. The Hall–Kier alpha value is -2.70. The molecule has 0 radical (unpaired) electrons. The van der Waals surface area contributed by atoms with Gasteiger partial charge in [0.1, 0.15) is 11.8 Å². The average Bonchev–Trinajstić information content (AvgIpc) is 3.16. The van der Waals surface area contributed by atoms with E-state index >= 15 is 0 Å². The zero-order chi connectivity index (χ0) is 20.5. The lowest BCUT2D eigenvalue weighted by molar-refractivity contribution is -0.134. The van der Waals surface area contributed by atoms with Crippen LogP contribution in [0.1, 0.15) is 47.1 Å². The van der Waals surface area contributed by atoms with Crippen molar-refractivity contribution in [1.29, 1.82) is 0 Å². The molecule has 154 valence electrons. The maximum absolute atomic E-state index is 13.4. The number of furan rings is 1. The number of amides is 1. The van der Waals surface area contributed by atoms with Crippen molar-refractivity contribution in [2.75, 3.05) is 6.54 Å². The number of hydrogen-bond donors (Lipinski definition) is 0. The molecule has 5 rings (SSSR count). The second-order valence-corrected chi connectivity index (χ2v) is 9.13. The van der Waals surface area contributed by atoms with Crippen molar-refractivity contribution in [2.24, 2.45) is 5.10 Å². The third-order valence-corrected chi connectivity index (χ3v) is 6.62. The molecule has 0 bridgehead atoms. The van der Waals surface area contributed by atoms with Crippen LogP contribution in [-0.2, 0) is 11.3 Å². The first-order valence-electron chi connectivity index (χ1n) is 10.4. The van der Waals surface area contributed by atoms with Crippen LogP contribution in [0.25, 0.3) is 0 Å². The Morgan fingerprint density at radius 2 is 2.03 bits per heavy atom. The van der Waals surface area contributed by atoms with Crippen molar-refractivity contribution in [3.05, 3.63) is 81.9 Å². The fraction of sp³-hybridized carbons (Fsp3) is 0.333. The number of nitrogens with zero attached hydrogens (tertiary/aromatic N) is 3. The molecule has 2 aromatic heterocycles. The van der Waals surface area contributed by atoms with E-state index in [1.807, 2.05) is 12.1 Å². The molecule has 0 saturated heterocycles. The first-order chi connectivity index (χ1) is 14.7. The number of thiophene rings is 1. The van der Waals surface area contributed by atoms with Gasteiger partial charge in [-0.05, 0) is 48.9 Å². The Kier molecular flexibility index (Phi) is 5.27. The van der Waals surface area contributed by atoms with Crippen LogP contribution in [0.15, 0.2) is 69.7 Å². The fourth-order valence-electron chi connectivity index (χ4n) is 3.97. The maximum atomic E-state index is 13.4. The SMILES string of the molecule is Cc1ccc(C2=NN(C(=O)CN(Cc3cccs3)C3CC3)C(c3ccco3)C2)cc1. The van der Waals surface area contributed by atoms with E-state index in [4.69, 9.17) is 9.52 Å². The monoisotopic (exact) mass is 419 g/mol. The van der Waals surface area contributed by atoms with Gasteiger partial charge in [0.25, 0.3) is 5.91 Å².